The van der Waals surface area contributed by atoms with Crippen molar-refractivity contribution in [1.82, 2.24) is 15.0 Å². The normalized spacial score (nSPS) is 12.3. The number of hydrogen-bond acceptors (Lipinski definition) is 6. The molecule has 1 aromatic rings. The Kier molecular flexibility index (Phi) is 7.79. The largest absolute Gasteiger partial charge is 0.461 e. The summed E-state index contributed by atoms with van der Waals surface area (Å²) in [7, 11) is 1.76. The predicted molar refractivity (Wildman–Crippen MR) is 84.0 cm³/mol. The third-order valence-corrected chi connectivity index (χ3v) is 2.93. The van der Waals surface area contributed by atoms with E-state index in [1.165, 1.54) is 19.3 Å². The van der Waals surface area contributed by atoms with Gasteiger partial charge in [-0.1, -0.05) is 26.2 Å². The molecule has 1 atom stereocenters. The minimum atomic E-state index is 0.0106. The van der Waals surface area contributed by atoms with Gasteiger partial charge in [0.25, 0.3) is 0 Å². The number of unbranched alkanes of at least 4 members (excludes halogenated alkanes) is 3. The van der Waals surface area contributed by atoms with Gasteiger partial charge in [0.15, 0.2) is 0 Å². The van der Waals surface area contributed by atoms with Crippen molar-refractivity contribution >= 4 is 5.95 Å². The lowest BCUT2D eigenvalue weighted by molar-refractivity contribution is 0.177. The molecule has 0 spiro atoms. The topological polar surface area (TPSA) is 69.2 Å². The van der Waals surface area contributed by atoms with Crippen LogP contribution in [0.2, 0.25) is 0 Å². The minimum absolute atomic E-state index is 0.0106. The molecule has 1 aromatic heterocycles. The zero-order chi connectivity index (χ0) is 15.7. The summed E-state index contributed by atoms with van der Waals surface area (Å²) in [6.45, 7) is 8.11. The van der Waals surface area contributed by atoms with E-state index >= 15 is 0 Å². The standard InChI is InChI=1S/C15H28N4O2/c1-6-7-8-9-10-12(4)21-15-18-13(16-5)17-14(19-15)20-11(2)3/h11-12H,6-10H2,1-5H3,(H,16,17,18,19). The van der Waals surface area contributed by atoms with E-state index in [1.54, 1.807) is 7.05 Å². The van der Waals surface area contributed by atoms with E-state index in [0.717, 1.165) is 12.8 Å². The fraction of sp³-hybridized carbons (Fsp3) is 0.800. The lowest BCUT2D eigenvalue weighted by atomic mass is 10.1. The molecule has 6 heteroatoms. The second-order valence-corrected chi connectivity index (χ2v) is 5.42. The lowest BCUT2D eigenvalue weighted by Crippen LogP contribution is -2.16. The number of ether oxygens (including phenoxy) is 2. The van der Waals surface area contributed by atoms with Gasteiger partial charge in [-0.15, -0.1) is 4.98 Å². The summed E-state index contributed by atoms with van der Waals surface area (Å²) in [4.78, 5) is 12.6. The first-order valence-electron chi connectivity index (χ1n) is 7.82. The van der Waals surface area contributed by atoms with Crippen LogP contribution in [0.3, 0.4) is 0 Å². The maximum atomic E-state index is 5.78. The molecule has 0 saturated carbocycles. The molecule has 0 aliphatic rings. The maximum absolute atomic E-state index is 5.78. The van der Waals surface area contributed by atoms with Gasteiger partial charge in [0.05, 0.1) is 12.2 Å². The Balaban J connectivity index is 2.59. The molecule has 1 N–H and O–H groups in total. The van der Waals surface area contributed by atoms with Crippen molar-refractivity contribution in [3.8, 4) is 12.0 Å². The average Bonchev–Trinajstić information content (AvgIpc) is 2.42. The van der Waals surface area contributed by atoms with E-state index in [2.05, 4.69) is 27.2 Å². The summed E-state index contributed by atoms with van der Waals surface area (Å²) in [5.41, 5.74) is 0. The van der Waals surface area contributed by atoms with Crippen molar-refractivity contribution in [3.63, 3.8) is 0 Å². The molecule has 0 saturated heterocycles. The number of hydrogen-bond donors (Lipinski definition) is 1. The molecule has 0 aliphatic heterocycles. The Morgan fingerprint density at radius 3 is 2.19 bits per heavy atom. The first-order chi connectivity index (χ1) is 10.0. The van der Waals surface area contributed by atoms with Gasteiger partial charge in [0.1, 0.15) is 0 Å². The Bertz CT molecular complexity index is 413. The van der Waals surface area contributed by atoms with Gasteiger partial charge in [-0.2, -0.15) is 9.97 Å². The van der Waals surface area contributed by atoms with Crippen molar-refractivity contribution in [2.75, 3.05) is 12.4 Å². The lowest BCUT2D eigenvalue weighted by Gasteiger charge is -2.14. The van der Waals surface area contributed by atoms with Gasteiger partial charge in [-0.05, 0) is 33.6 Å². The molecule has 0 radical (unpaired) electrons. The summed E-state index contributed by atoms with van der Waals surface area (Å²) < 4.78 is 11.3. The number of nitrogens with zero attached hydrogens (tertiary/aromatic N) is 3. The van der Waals surface area contributed by atoms with Gasteiger partial charge in [-0.3, -0.25) is 0 Å². The molecule has 6 nitrogen and oxygen atoms in total. The van der Waals surface area contributed by atoms with E-state index in [9.17, 15) is 0 Å². The third kappa shape index (κ3) is 7.11. The summed E-state index contributed by atoms with van der Waals surface area (Å²) in [6.07, 6.45) is 6.01. The molecule has 1 rings (SSSR count). The van der Waals surface area contributed by atoms with Crippen LogP contribution in [0.15, 0.2) is 0 Å². The van der Waals surface area contributed by atoms with E-state index < -0.39 is 0 Å². The van der Waals surface area contributed by atoms with E-state index in [1.807, 2.05) is 20.8 Å². The van der Waals surface area contributed by atoms with Crippen LogP contribution >= 0.6 is 0 Å². The molecule has 0 aliphatic carbocycles. The Morgan fingerprint density at radius 1 is 0.952 bits per heavy atom. The summed E-state index contributed by atoms with van der Waals surface area (Å²) in [6, 6.07) is 0.602. The molecule has 21 heavy (non-hydrogen) atoms. The summed E-state index contributed by atoms with van der Waals surface area (Å²) >= 11 is 0. The van der Waals surface area contributed by atoms with Crippen LogP contribution in [0.1, 0.15) is 59.8 Å². The van der Waals surface area contributed by atoms with Gasteiger partial charge in [0, 0.05) is 7.05 Å². The van der Waals surface area contributed by atoms with Crippen LogP contribution in [0.25, 0.3) is 0 Å². The molecule has 1 heterocycles. The van der Waals surface area contributed by atoms with Crippen molar-refractivity contribution in [2.24, 2.45) is 0 Å². The van der Waals surface area contributed by atoms with Crippen molar-refractivity contribution < 1.29 is 9.47 Å². The Morgan fingerprint density at radius 2 is 1.62 bits per heavy atom. The van der Waals surface area contributed by atoms with Gasteiger partial charge >= 0.3 is 12.0 Å². The second kappa shape index (κ2) is 9.37. The van der Waals surface area contributed by atoms with Crippen LogP contribution in [-0.4, -0.2) is 34.2 Å². The van der Waals surface area contributed by atoms with Crippen LogP contribution in [0, 0.1) is 0 Å². The fourth-order valence-corrected chi connectivity index (χ4v) is 1.86. The summed E-state index contributed by atoms with van der Waals surface area (Å²) in [5, 5.41) is 2.89. The molecular weight excluding hydrogens is 268 g/mol. The zero-order valence-electron chi connectivity index (χ0n) is 13.8. The van der Waals surface area contributed by atoms with Crippen LogP contribution in [0.5, 0.6) is 12.0 Å². The zero-order valence-corrected chi connectivity index (χ0v) is 13.8. The van der Waals surface area contributed by atoms with Crippen LogP contribution in [-0.2, 0) is 0 Å². The number of aromatic nitrogens is 3. The number of nitrogens with one attached hydrogen (secondary N) is 1. The highest BCUT2D eigenvalue weighted by atomic mass is 16.5. The second-order valence-electron chi connectivity index (χ2n) is 5.42. The van der Waals surface area contributed by atoms with Gasteiger partial charge < -0.3 is 14.8 Å². The quantitative estimate of drug-likeness (QED) is 0.667. The molecule has 0 bridgehead atoms. The average molecular weight is 296 g/mol. The van der Waals surface area contributed by atoms with Crippen molar-refractivity contribution in [2.45, 2.75) is 72.0 Å². The predicted octanol–water partition coefficient (Wildman–Crippen LogP) is 3.44. The molecule has 0 amide bonds. The van der Waals surface area contributed by atoms with Gasteiger partial charge in [-0.25, -0.2) is 0 Å². The molecule has 0 fully saturated rings. The number of rotatable bonds is 10. The minimum Gasteiger partial charge on any atom is -0.461 e. The van der Waals surface area contributed by atoms with Crippen molar-refractivity contribution in [3.05, 3.63) is 0 Å². The monoisotopic (exact) mass is 296 g/mol. The highest BCUT2D eigenvalue weighted by molar-refractivity contribution is 5.26. The van der Waals surface area contributed by atoms with Crippen LogP contribution in [0.4, 0.5) is 5.95 Å². The Hall–Kier alpha value is -1.59. The van der Waals surface area contributed by atoms with Crippen molar-refractivity contribution in [1.29, 1.82) is 0 Å². The first kappa shape index (κ1) is 17.5. The van der Waals surface area contributed by atoms with Gasteiger partial charge in [0.2, 0.25) is 5.95 Å². The molecule has 0 aromatic carbocycles. The summed E-state index contributed by atoms with van der Waals surface area (Å²) in [5.74, 6) is 0.453. The highest BCUT2D eigenvalue weighted by Crippen LogP contribution is 2.16. The molecular formula is C15H28N4O2. The van der Waals surface area contributed by atoms with Crippen LogP contribution < -0.4 is 14.8 Å². The van der Waals surface area contributed by atoms with E-state index in [4.69, 9.17) is 9.47 Å². The first-order valence-corrected chi connectivity index (χ1v) is 7.82. The Labute approximate surface area is 127 Å². The number of anilines is 1. The molecule has 1 unspecified atom stereocenters. The fourth-order valence-electron chi connectivity index (χ4n) is 1.86. The smallest absolute Gasteiger partial charge is 0.324 e. The molecule has 120 valence electrons. The third-order valence-electron chi connectivity index (χ3n) is 2.93. The SMILES string of the molecule is CCCCCCC(C)Oc1nc(NC)nc(OC(C)C)n1. The maximum Gasteiger partial charge on any atom is 0.324 e. The van der Waals surface area contributed by atoms with E-state index in [-0.39, 0.29) is 18.2 Å². The highest BCUT2D eigenvalue weighted by Gasteiger charge is 2.12. The van der Waals surface area contributed by atoms with E-state index in [0.29, 0.717) is 12.0 Å².